The summed E-state index contributed by atoms with van der Waals surface area (Å²) in [4.78, 5) is 14.2. The van der Waals surface area contributed by atoms with Crippen LogP contribution in [0.1, 0.15) is 79.6 Å². The van der Waals surface area contributed by atoms with Gasteiger partial charge in [0.1, 0.15) is 5.60 Å². The summed E-state index contributed by atoms with van der Waals surface area (Å²) < 4.78 is 5.51. The van der Waals surface area contributed by atoms with Crippen LogP contribution in [0.4, 0.5) is 4.79 Å². The molecule has 2 atom stereocenters. The minimum Gasteiger partial charge on any atom is -0.444 e. The molecule has 0 aromatic carbocycles. The quantitative estimate of drug-likeness (QED) is 0.678. The van der Waals surface area contributed by atoms with E-state index in [1.54, 1.807) is 0 Å². The van der Waals surface area contributed by atoms with Crippen LogP contribution in [0.5, 0.6) is 0 Å². The molecule has 2 unspecified atom stereocenters. The Morgan fingerprint density at radius 1 is 1.36 bits per heavy atom. The Kier molecular flexibility index (Phi) is 8.23. The topological polar surface area (TPSA) is 41.6 Å². The molecular formula is C18H36N2O2. The summed E-state index contributed by atoms with van der Waals surface area (Å²) in [5, 5.41) is 3.60. The summed E-state index contributed by atoms with van der Waals surface area (Å²) >= 11 is 0. The van der Waals surface area contributed by atoms with Gasteiger partial charge in [-0.3, -0.25) is 0 Å². The van der Waals surface area contributed by atoms with Gasteiger partial charge in [0.05, 0.1) is 0 Å². The Bertz CT molecular complexity index is 326. The van der Waals surface area contributed by atoms with Gasteiger partial charge in [-0.05, 0) is 59.9 Å². The van der Waals surface area contributed by atoms with Crippen LogP contribution < -0.4 is 5.32 Å². The third-order valence-electron chi connectivity index (χ3n) is 4.22. The molecule has 0 bridgehead atoms. The molecule has 0 aliphatic carbocycles. The first kappa shape index (κ1) is 19.3. The van der Waals surface area contributed by atoms with Gasteiger partial charge in [0, 0.05) is 18.6 Å². The van der Waals surface area contributed by atoms with E-state index in [1.807, 2.05) is 25.7 Å². The molecule has 1 N–H and O–H groups in total. The highest BCUT2D eigenvalue weighted by molar-refractivity contribution is 5.68. The molecule has 1 aliphatic rings. The summed E-state index contributed by atoms with van der Waals surface area (Å²) in [6.07, 6.45) is 8.22. The maximum atomic E-state index is 12.2. The summed E-state index contributed by atoms with van der Waals surface area (Å²) in [6.45, 7) is 12.1. The second-order valence-electron chi connectivity index (χ2n) is 7.61. The molecule has 0 saturated carbocycles. The van der Waals surface area contributed by atoms with E-state index in [-0.39, 0.29) is 6.09 Å². The van der Waals surface area contributed by atoms with Gasteiger partial charge in [-0.2, -0.15) is 0 Å². The maximum Gasteiger partial charge on any atom is 0.410 e. The molecule has 1 rings (SSSR count). The fraction of sp³-hybridized carbons (Fsp3) is 0.944. The van der Waals surface area contributed by atoms with Crippen molar-refractivity contribution in [3.63, 3.8) is 0 Å². The summed E-state index contributed by atoms with van der Waals surface area (Å²) in [5.41, 5.74) is -0.406. The van der Waals surface area contributed by atoms with E-state index >= 15 is 0 Å². The van der Waals surface area contributed by atoms with Crippen molar-refractivity contribution in [2.45, 2.75) is 97.2 Å². The monoisotopic (exact) mass is 312 g/mol. The third kappa shape index (κ3) is 7.48. The first-order valence-corrected chi connectivity index (χ1v) is 9.06. The average Bonchev–Trinajstić information content (AvgIpc) is 2.85. The van der Waals surface area contributed by atoms with E-state index in [4.69, 9.17) is 4.74 Å². The molecule has 1 fully saturated rings. The number of hydrogen-bond acceptors (Lipinski definition) is 3. The Morgan fingerprint density at radius 2 is 2.09 bits per heavy atom. The van der Waals surface area contributed by atoms with Crippen LogP contribution in [0.2, 0.25) is 0 Å². The zero-order valence-electron chi connectivity index (χ0n) is 15.3. The summed E-state index contributed by atoms with van der Waals surface area (Å²) in [6, 6.07) is 0.910. The van der Waals surface area contributed by atoms with Crippen molar-refractivity contribution in [1.82, 2.24) is 10.2 Å². The van der Waals surface area contributed by atoms with Crippen molar-refractivity contribution in [2.75, 3.05) is 13.1 Å². The van der Waals surface area contributed by atoms with Gasteiger partial charge >= 0.3 is 6.09 Å². The Labute approximate surface area is 137 Å². The normalized spacial score (nSPS) is 20.2. The Morgan fingerprint density at radius 3 is 2.73 bits per heavy atom. The van der Waals surface area contributed by atoms with Gasteiger partial charge in [0.15, 0.2) is 0 Å². The number of ether oxygens (including phenoxy) is 1. The van der Waals surface area contributed by atoms with Crippen molar-refractivity contribution >= 4 is 6.09 Å². The van der Waals surface area contributed by atoms with E-state index in [9.17, 15) is 4.79 Å². The van der Waals surface area contributed by atoms with Crippen molar-refractivity contribution < 1.29 is 9.53 Å². The molecule has 1 saturated heterocycles. The first-order chi connectivity index (χ1) is 10.3. The zero-order valence-corrected chi connectivity index (χ0v) is 15.3. The molecule has 1 amide bonds. The highest BCUT2D eigenvalue weighted by Gasteiger charge is 2.31. The number of rotatable bonds is 8. The van der Waals surface area contributed by atoms with Gasteiger partial charge in [-0.1, -0.05) is 26.2 Å². The fourth-order valence-electron chi connectivity index (χ4n) is 3.00. The number of nitrogens with zero attached hydrogens (tertiary/aromatic N) is 1. The van der Waals surface area contributed by atoms with E-state index in [0.29, 0.717) is 12.1 Å². The summed E-state index contributed by atoms with van der Waals surface area (Å²) in [7, 11) is 0. The molecule has 0 spiro atoms. The number of hydrogen-bond donors (Lipinski definition) is 1. The SMILES string of the molecule is CCCCCC(C)NCCC1CCCN1C(=O)OC(C)(C)C. The second-order valence-corrected chi connectivity index (χ2v) is 7.61. The molecule has 0 aromatic heterocycles. The summed E-state index contributed by atoms with van der Waals surface area (Å²) in [5.74, 6) is 0. The molecule has 4 heteroatoms. The van der Waals surface area contributed by atoms with Crippen LogP contribution in [0.25, 0.3) is 0 Å². The second kappa shape index (κ2) is 9.39. The predicted molar refractivity (Wildman–Crippen MR) is 92.2 cm³/mol. The zero-order chi connectivity index (χ0) is 16.6. The largest absolute Gasteiger partial charge is 0.444 e. The lowest BCUT2D eigenvalue weighted by Crippen LogP contribution is -2.41. The number of likely N-dealkylation sites (tertiary alicyclic amines) is 1. The van der Waals surface area contributed by atoms with E-state index in [1.165, 1.54) is 25.7 Å². The fourth-order valence-corrected chi connectivity index (χ4v) is 3.00. The predicted octanol–water partition coefficient (Wildman–Crippen LogP) is 4.33. The van der Waals surface area contributed by atoms with E-state index in [0.717, 1.165) is 32.4 Å². The van der Waals surface area contributed by atoms with E-state index < -0.39 is 5.60 Å². The number of nitrogens with one attached hydrogen (secondary N) is 1. The molecule has 1 heterocycles. The minimum absolute atomic E-state index is 0.147. The van der Waals surface area contributed by atoms with Crippen LogP contribution in [0.3, 0.4) is 0 Å². The van der Waals surface area contributed by atoms with E-state index in [2.05, 4.69) is 19.2 Å². The molecule has 130 valence electrons. The minimum atomic E-state index is -0.406. The first-order valence-electron chi connectivity index (χ1n) is 9.06. The van der Waals surface area contributed by atoms with Crippen LogP contribution in [-0.2, 0) is 4.74 Å². The van der Waals surface area contributed by atoms with Gasteiger partial charge in [0.2, 0.25) is 0 Å². The lowest BCUT2D eigenvalue weighted by Gasteiger charge is -2.29. The Hall–Kier alpha value is -0.770. The standard InChI is InChI=1S/C18H36N2O2/c1-6-7-8-10-15(2)19-13-12-16-11-9-14-20(16)17(21)22-18(3,4)5/h15-16,19H,6-14H2,1-5H3. The highest BCUT2D eigenvalue weighted by atomic mass is 16.6. The molecule has 0 aromatic rings. The lowest BCUT2D eigenvalue weighted by atomic mass is 10.1. The Balaban J connectivity index is 2.28. The molecule has 22 heavy (non-hydrogen) atoms. The average molecular weight is 312 g/mol. The number of carbonyl (C=O) groups excluding carboxylic acids is 1. The van der Waals surface area contributed by atoms with Gasteiger partial charge in [-0.25, -0.2) is 4.79 Å². The van der Waals surface area contributed by atoms with Gasteiger partial charge in [-0.15, -0.1) is 0 Å². The number of amides is 1. The molecule has 1 aliphatic heterocycles. The van der Waals surface area contributed by atoms with Crippen molar-refractivity contribution in [3.8, 4) is 0 Å². The maximum absolute atomic E-state index is 12.2. The highest BCUT2D eigenvalue weighted by Crippen LogP contribution is 2.22. The van der Waals surface area contributed by atoms with Crippen molar-refractivity contribution in [3.05, 3.63) is 0 Å². The molecule has 4 nitrogen and oxygen atoms in total. The van der Waals surface area contributed by atoms with Gasteiger partial charge < -0.3 is 15.0 Å². The van der Waals surface area contributed by atoms with Crippen molar-refractivity contribution in [2.24, 2.45) is 0 Å². The lowest BCUT2D eigenvalue weighted by molar-refractivity contribution is 0.0220. The number of unbranched alkanes of at least 4 members (excludes halogenated alkanes) is 2. The van der Waals surface area contributed by atoms with Crippen LogP contribution >= 0.6 is 0 Å². The van der Waals surface area contributed by atoms with Crippen LogP contribution in [-0.4, -0.2) is 41.8 Å². The molecule has 0 radical (unpaired) electrons. The smallest absolute Gasteiger partial charge is 0.410 e. The number of carbonyl (C=O) groups is 1. The molecular weight excluding hydrogens is 276 g/mol. The third-order valence-corrected chi connectivity index (χ3v) is 4.22. The van der Waals surface area contributed by atoms with Gasteiger partial charge in [0.25, 0.3) is 0 Å². The van der Waals surface area contributed by atoms with Crippen LogP contribution in [0.15, 0.2) is 0 Å². The van der Waals surface area contributed by atoms with Crippen LogP contribution in [0, 0.1) is 0 Å². The van der Waals surface area contributed by atoms with Crippen molar-refractivity contribution in [1.29, 1.82) is 0 Å².